The van der Waals surface area contributed by atoms with Crippen LogP contribution in [0.1, 0.15) is 29.6 Å². The van der Waals surface area contributed by atoms with E-state index in [1.807, 2.05) is 0 Å². The number of rotatable bonds is 4. The van der Waals surface area contributed by atoms with Crippen molar-refractivity contribution in [2.24, 2.45) is 11.7 Å². The van der Waals surface area contributed by atoms with Gasteiger partial charge in [0.1, 0.15) is 5.82 Å². The van der Waals surface area contributed by atoms with Gasteiger partial charge in [0.2, 0.25) is 5.91 Å². The topological polar surface area (TPSA) is 105 Å². The van der Waals surface area contributed by atoms with Crippen LogP contribution in [-0.2, 0) is 4.79 Å². The second-order valence-electron chi connectivity index (χ2n) is 4.48. The zero-order valence-electron chi connectivity index (χ0n) is 9.80. The van der Waals surface area contributed by atoms with Gasteiger partial charge < -0.3 is 16.2 Å². The number of primary amides is 1. The Balaban J connectivity index is 2.00. The van der Waals surface area contributed by atoms with Crippen molar-refractivity contribution in [3.8, 4) is 0 Å². The molecule has 0 radical (unpaired) electrons. The Morgan fingerprint density at radius 3 is 2.83 bits per heavy atom. The maximum Gasteiger partial charge on any atom is 0.306 e. The number of nitrogens with one attached hydrogen (secondary N) is 1. The van der Waals surface area contributed by atoms with E-state index in [4.69, 9.17) is 10.8 Å². The highest BCUT2D eigenvalue weighted by Gasteiger charge is 2.29. The predicted molar refractivity (Wildman–Crippen MR) is 65.1 cm³/mol. The summed E-state index contributed by atoms with van der Waals surface area (Å²) in [4.78, 5) is 25.9. The van der Waals surface area contributed by atoms with Gasteiger partial charge in [-0.05, 0) is 31.4 Å². The molecule has 0 aliphatic heterocycles. The van der Waals surface area contributed by atoms with E-state index in [0.717, 1.165) is 6.42 Å². The lowest BCUT2D eigenvalue weighted by Gasteiger charge is -2.13. The third-order valence-electron chi connectivity index (χ3n) is 3.18. The first kappa shape index (κ1) is 12.3. The molecule has 1 aromatic rings. The number of carbonyl (C=O) groups excluding carboxylic acids is 1. The van der Waals surface area contributed by atoms with Crippen molar-refractivity contribution in [2.45, 2.75) is 25.3 Å². The molecule has 4 N–H and O–H groups in total. The van der Waals surface area contributed by atoms with E-state index in [1.165, 1.54) is 6.20 Å². The van der Waals surface area contributed by atoms with Crippen molar-refractivity contribution < 1.29 is 14.7 Å². The minimum atomic E-state index is -0.752. The van der Waals surface area contributed by atoms with Gasteiger partial charge >= 0.3 is 5.97 Å². The van der Waals surface area contributed by atoms with Crippen LogP contribution in [0, 0.1) is 5.92 Å². The average molecular weight is 249 g/mol. The summed E-state index contributed by atoms with van der Waals surface area (Å²) < 4.78 is 0. The van der Waals surface area contributed by atoms with Gasteiger partial charge in [-0.2, -0.15) is 0 Å². The van der Waals surface area contributed by atoms with E-state index >= 15 is 0 Å². The Bertz CT molecular complexity index is 475. The number of amides is 1. The molecule has 0 aromatic carbocycles. The molecule has 1 fully saturated rings. The number of pyridine rings is 1. The molecule has 1 saturated carbocycles. The summed E-state index contributed by atoms with van der Waals surface area (Å²) in [6.45, 7) is 0. The van der Waals surface area contributed by atoms with Crippen molar-refractivity contribution in [3.05, 3.63) is 23.9 Å². The number of hydrogen-bond acceptors (Lipinski definition) is 4. The van der Waals surface area contributed by atoms with Crippen LogP contribution in [-0.4, -0.2) is 28.0 Å². The van der Waals surface area contributed by atoms with Crippen LogP contribution >= 0.6 is 0 Å². The zero-order valence-corrected chi connectivity index (χ0v) is 9.80. The maximum absolute atomic E-state index is 11.0. The number of hydrogen-bond donors (Lipinski definition) is 3. The molecule has 1 aromatic heterocycles. The molecule has 1 aliphatic carbocycles. The van der Waals surface area contributed by atoms with Gasteiger partial charge in [-0.25, -0.2) is 4.98 Å². The highest BCUT2D eigenvalue weighted by Crippen LogP contribution is 2.27. The average Bonchev–Trinajstić information content (AvgIpc) is 2.78. The van der Waals surface area contributed by atoms with Crippen LogP contribution in [0.15, 0.2) is 18.3 Å². The van der Waals surface area contributed by atoms with Crippen molar-refractivity contribution in [1.29, 1.82) is 0 Å². The molecule has 96 valence electrons. The van der Waals surface area contributed by atoms with Gasteiger partial charge in [0.25, 0.3) is 0 Å². The van der Waals surface area contributed by atoms with E-state index in [9.17, 15) is 9.59 Å². The molecule has 0 saturated heterocycles. The fraction of sp³-hybridized carbons (Fsp3) is 0.417. The molecule has 6 heteroatoms. The maximum atomic E-state index is 11.0. The Morgan fingerprint density at radius 1 is 1.44 bits per heavy atom. The molecule has 6 nitrogen and oxygen atoms in total. The Hall–Kier alpha value is -2.11. The first-order valence-electron chi connectivity index (χ1n) is 5.81. The SMILES string of the molecule is NC(=O)c1ccnc(NC2CCC(C(=O)O)C2)c1. The number of aromatic nitrogens is 1. The van der Waals surface area contributed by atoms with Gasteiger partial charge in [0.15, 0.2) is 0 Å². The van der Waals surface area contributed by atoms with E-state index in [1.54, 1.807) is 12.1 Å². The van der Waals surface area contributed by atoms with Gasteiger partial charge in [0, 0.05) is 17.8 Å². The van der Waals surface area contributed by atoms with Crippen molar-refractivity contribution in [2.75, 3.05) is 5.32 Å². The summed E-state index contributed by atoms with van der Waals surface area (Å²) in [5.74, 6) is -0.988. The summed E-state index contributed by atoms with van der Waals surface area (Å²) in [5, 5.41) is 12.0. The number of carboxylic acid groups (broad SMARTS) is 1. The largest absolute Gasteiger partial charge is 0.481 e. The Kier molecular flexibility index (Phi) is 3.45. The van der Waals surface area contributed by atoms with Crippen LogP contribution in [0.2, 0.25) is 0 Å². The van der Waals surface area contributed by atoms with Gasteiger partial charge in [-0.3, -0.25) is 9.59 Å². The molecule has 1 heterocycles. The number of aliphatic carboxylic acids is 1. The molecular weight excluding hydrogens is 234 g/mol. The van der Waals surface area contributed by atoms with Gasteiger partial charge in [-0.1, -0.05) is 0 Å². The van der Waals surface area contributed by atoms with Gasteiger partial charge in [-0.15, -0.1) is 0 Å². The number of anilines is 1. The summed E-state index contributed by atoms with van der Waals surface area (Å²) >= 11 is 0. The summed E-state index contributed by atoms with van der Waals surface area (Å²) in [6.07, 6.45) is 3.55. The minimum absolute atomic E-state index is 0.0849. The van der Waals surface area contributed by atoms with Crippen LogP contribution in [0.3, 0.4) is 0 Å². The lowest BCUT2D eigenvalue weighted by molar-refractivity contribution is -0.141. The highest BCUT2D eigenvalue weighted by molar-refractivity contribution is 5.93. The van der Waals surface area contributed by atoms with E-state index in [0.29, 0.717) is 24.2 Å². The van der Waals surface area contributed by atoms with Crippen LogP contribution in [0.4, 0.5) is 5.82 Å². The smallest absolute Gasteiger partial charge is 0.306 e. The second-order valence-corrected chi connectivity index (χ2v) is 4.48. The Morgan fingerprint density at radius 2 is 2.22 bits per heavy atom. The van der Waals surface area contributed by atoms with Crippen LogP contribution in [0.5, 0.6) is 0 Å². The number of nitrogens with zero attached hydrogens (tertiary/aromatic N) is 1. The molecular formula is C12H15N3O3. The van der Waals surface area contributed by atoms with Crippen LogP contribution in [0.25, 0.3) is 0 Å². The lowest BCUT2D eigenvalue weighted by Crippen LogP contribution is -2.19. The molecule has 2 rings (SSSR count). The Labute approximate surface area is 104 Å². The molecule has 1 amide bonds. The fourth-order valence-electron chi connectivity index (χ4n) is 2.21. The number of carbonyl (C=O) groups is 2. The van der Waals surface area contributed by atoms with Crippen LogP contribution < -0.4 is 11.1 Å². The number of nitrogens with two attached hydrogens (primary N) is 1. The number of carboxylic acids is 1. The third-order valence-corrected chi connectivity index (χ3v) is 3.18. The molecule has 0 bridgehead atoms. The van der Waals surface area contributed by atoms with Crippen molar-refractivity contribution >= 4 is 17.7 Å². The standard InChI is InChI=1S/C12H15N3O3/c13-11(16)7-3-4-14-10(6-7)15-9-2-1-8(5-9)12(17)18/h3-4,6,8-9H,1-2,5H2,(H2,13,16)(H,14,15)(H,17,18). The third kappa shape index (κ3) is 2.77. The van der Waals surface area contributed by atoms with Crippen molar-refractivity contribution in [1.82, 2.24) is 4.98 Å². The zero-order chi connectivity index (χ0) is 13.1. The second kappa shape index (κ2) is 5.03. The molecule has 0 spiro atoms. The quantitative estimate of drug-likeness (QED) is 0.733. The lowest BCUT2D eigenvalue weighted by atomic mass is 10.1. The summed E-state index contributed by atoms with van der Waals surface area (Å²) in [5.41, 5.74) is 5.57. The minimum Gasteiger partial charge on any atom is -0.481 e. The van der Waals surface area contributed by atoms with Gasteiger partial charge in [0.05, 0.1) is 5.92 Å². The normalized spacial score (nSPS) is 22.7. The summed E-state index contributed by atoms with van der Waals surface area (Å²) in [6, 6.07) is 3.21. The first-order valence-corrected chi connectivity index (χ1v) is 5.81. The highest BCUT2D eigenvalue weighted by atomic mass is 16.4. The fourth-order valence-corrected chi connectivity index (χ4v) is 2.21. The van der Waals surface area contributed by atoms with E-state index in [-0.39, 0.29) is 12.0 Å². The van der Waals surface area contributed by atoms with Crippen molar-refractivity contribution in [3.63, 3.8) is 0 Å². The molecule has 18 heavy (non-hydrogen) atoms. The van der Waals surface area contributed by atoms with E-state index in [2.05, 4.69) is 10.3 Å². The molecule has 2 unspecified atom stereocenters. The van der Waals surface area contributed by atoms with E-state index < -0.39 is 11.9 Å². The molecule has 1 aliphatic rings. The predicted octanol–water partition coefficient (Wildman–Crippen LogP) is 0.846. The molecule has 2 atom stereocenters. The first-order chi connectivity index (χ1) is 8.56. The monoisotopic (exact) mass is 249 g/mol. The summed E-state index contributed by atoms with van der Waals surface area (Å²) in [7, 11) is 0.